The second-order valence-corrected chi connectivity index (χ2v) is 9.25. The van der Waals surface area contributed by atoms with E-state index < -0.39 is 0 Å². The molecule has 0 radical (unpaired) electrons. The molecule has 2 atom stereocenters. The smallest absolute Gasteiger partial charge is 0.315 e. The molecule has 4 fully saturated rings. The molecule has 2 aliphatic carbocycles. The van der Waals surface area contributed by atoms with Crippen LogP contribution in [0.25, 0.3) is 0 Å². The molecular weight excluding hydrogens is 376 g/mol. The van der Waals surface area contributed by atoms with Crippen LogP contribution in [0.3, 0.4) is 0 Å². The molecule has 3 N–H and O–H groups in total. The lowest BCUT2D eigenvalue weighted by Crippen LogP contribution is -2.55. The maximum atomic E-state index is 13.3. The quantitative estimate of drug-likeness (QED) is 0.667. The molecule has 0 spiro atoms. The van der Waals surface area contributed by atoms with Gasteiger partial charge < -0.3 is 20.9 Å². The highest BCUT2D eigenvalue weighted by Crippen LogP contribution is 2.45. The normalized spacial score (nSPS) is 31.6. The number of amides is 3. The van der Waals surface area contributed by atoms with Crippen LogP contribution in [-0.2, 0) is 4.79 Å². The molecule has 4 aliphatic rings. The molecule has 160 valence electrons. The van der Waals surface area contributed by atoms with Crippen molar-refractivity contribution < 1.29 is 9.59 Å². The van der Waals surface area contributed by atoms with Crippen LogP contribution in [0.1, 0.15) is 70.6 Å². The number of hydrogen-bond acceptors (Lipinski definition) is 3. The number of piperidine rings is 1. The molecule has 2 aliphatic heterocycles. The SMILES string of the molecule is Cl.O=C(NC1CCCCC1)NC1CCN(C(=O)[C@@]23CCCC[C@H]2CNC3)CC1. The summed E-state index contributed by atoms with van der Waals surface area (Å²) in [5.74, 6) is 0.901. The van der Waals surface area contributed by atoms with Crippen molar-refractivity contribution >= 4 is 24.3 Å². The van der Waals surface area contributed by atoms with Gasteiger partial charge in [0.2, 0.25) is 5.91 Å². The van der Waals surface area contributed by atoms with Crippen molar-refractivity contribution in [2.75, 3.05) is 26.2 Å². The van der Waals surface area contributed by atoms with E-state index in [1.165, 1.54) is 38.5 Å². The number of urea groups is 1. The highest BCUT2D eigenvalue weighted by molar-refractivity contribution is 5.85. The predicted molar refractivity (Wildman–Crippen MR) is 113 cm³/mol. The molecule has 6 nitrogen and oxygen atoms in total. The molecule has 0 aromatic rings. The van der Waals surface area contributed by atoms with Crippen LogP contribution < -0.4 is 16.0 Å². The average Bonchev–Trinajstić information content (AvgIpc) is 3.14. The number of hydrogen-bond donors (Lipinski definition) is 3. The molecule has 2 heterocycles. The lowest BCUT2D eigenvalue weighted by Gasteiger charge is -2.43. The third-order valence-corrected chi connectivity index (χ3v) is 7.52. The first-order chi connectivity index (χ1) is 13.2. The van der Waals surface area contributed by atoms with E-state index in [9.17, 15) is 9.59 Å². The summed E-state index contributed by atoms with van der Waals surface area (Å²) in [6.07, 6.45) is 12.4. The lowest BCUT2D eigenvalue weighted by atomic mass is 9.67. The Bertz CT molecular complexity index is 547. The van der Waals surface area contributed by atoms with Gasteiger partial charge in [0.15, 0.2) is 0 Å². The minimum atomic E-state index is -0.142. The Labute approximate surface area is 175 Å². The topological polar surface area (TPSA) is 73.5 Å². The van der Waals surface area contributed by atoms with E-state index in [1.54, 1.807) is 0 Å². The van der Waals surface area contributed by atoms with E-state index in [0.29, 0.717) is 17.9 Å². The Kier molecular flexibility index (Phi) is 7.48. The Morgan fingerprint density at radius 3 is 2.21 bits per heavy atom. The Morgan fingerprint density at radius 1 is 0.857 bits per heavy atom. The molecule has 3 amide bonds. The van der Waals surface area contributed by atoms with Crippen molar-refractivity contribution in [1.82, 2.24) is 20.9 Å². The number of likely N-dealkylation sites (tertiary alicyclic amines) is 1. The molecule has 0 aromatic heterocycles. The van der Waals surface area contributed by atoms with Crippen LogP contribution in [-0.4, -0.2) is 55.1 Å². The number of carbonyl (C=O) groups is 2. The van der Waals surface area contributed by atoms with Gasteiger partial charge in [-0.25, -0.2) is 4.79 Å². The maximum Gasteiger partial charge on any atom is 0.315 e. The summed E-state index contributed by atoms with van der Waals surface area (Å²) in [6, 6.07) is 0.522. The van der Waals surface area contributed by atoms with Gasteiger partial charge >= 0.3 is 6.03 Å². The molecule has 0 aromatic carbocycles. The Balaban J connectivity index is 0.00000225. The van der Waals surface area contributed by atoms with E-state index in [2.05, 4.69) is 20.9 Å². The molecule has 28 heavy (non-hydrogen) atoms. The summed E-state index contributed by atoms with van der Waals surface area (Å²) in [6.45, 7) is 3.42. The highest BCUT2D eigenvalue weighted by Gasteiger charge is 2.51. The van der Waals surface area contributed by atoms with Crippen molar-refractivity contribution in [3.63, 3.8) is 0 Å². The molecule has 0 unspecified atom stereocenters. The number of rotatable bonds is 3. The van der Waals surface area contributed by atoms with Gasteiger partial charge in [-0.3, -0.25) is 4.79 Å². The second-order valence-electron chi connectivity index (χ2n) is 9.25. The van der Waals surface area contributed by atoms with Crippen molar-refractivity contribution in [3.8, 4) is 0 Å². The zero-order chi connectivity index (χ0) is 18.7. The second kappa shape index (κ2) is 9.66. The Hall–Kier alpha value is -1.01. The highest BCUT2D eigenvalue weighted by atomic mass is 35.5. The number of halogens is 1. The number of carbonyl (C=O) groups excluding carboxylic acids is 2. The summed E-state index contributed by atoms with van der Waals surface area (Å²) in [4.78, 5) is 27.7. The number of nitrogens with zero attached hydrogens (tertiary/aromatic N) is 1. The fourth-order valence-electron chi connectivity index (χ4n) is 5.87. The predicted octanol–water partition coefficient (Wildman–Crippen LogP) is 2.81. The summed E-state index contributed by atoms with van der Waals surface area (Å²) in [5, 5.41) is 9.78. The van der Waals surface area contributed by atoms with Gasteiger partial charge in [-0.1, -0.05) is 32.1 Å². The zero-order valence-corrected chi connectivity index (χ0v) is 17.8. The van der Waals surface area contributed by atoms with Crippen molar-refractivity contribution in [3.05, 3.63) is 0 Å². The first-order valence-electron chi connectivity index (χ1n) is 11.2. The number of fused-ring (bicyclic) bond motifs is 1. The third-order valence-electron chi connectivity index (χ3n) is 7.52. The maximum absolute atomic E-state index is 13.3. The van der Waals surface area contributed by atoms with Gasteiger partial charge in [0.25, 0.3) is 0 Å². The minimum absolute atomic E-state index is 0. The summed E-state index contributed by atoms with van der Waals surface area (Å²) < 4.78 is 0. The van der Waals surface area contributed by atoms with Gasteiger partial charge in [0, 0.05) is 31.7 Å². The van der Waals surface area contributed by atoms with Crippen LogP contribution in [0.5, 0.6) is 0 Å². The van der Waals surface area contributed by atoms with Crippen molar-refractivity contribution in [2.45, 2.75) is 82.7 Å². The molecule has 0 bridgehead atoms. The fourth-order valence-corrected chi connectivity index (χ4v) is 5.87. The first-order valence-corrected chi connectivity index (χ1v) is 11.2. The average molecular weight is 413 g/mol. The van der Waals surface area contributed by atoms with Gasteiger partial charge in [0.1, 0.15) is 0 Å². The van der Waals surface area contributed by atoms with E-state index in [1.807, 2.05) is 0 Å². The molecule has 7 heteroatoms. The summed E-state index contributed by atoms with van der Waals surface area (Å²) in [7, 11) is 0. The zero-order valence-electron chi connectivity index (χ0n) is 17.0. The lowest BCUT2D eigenvalue weighted by molar-refractivity contribution is -0.146. The van der Waals surface area contributed by atoms with Crippen LogP contribution >= 0.6 is 12.4 Å². The molecular formula is C21H37ClN4O2. The van der Waals surface area contributed by atoms with Crippen LogP contribution in [0.4, 0.5) is 4.79 Å². The molecule has 2 saturated carbocycles. The largest absolute Gasteiger partial charge is 0.342 e. The van der Waals surface area contributed by atoms with Gasteiger partial charge in [0.05, 0.1) is 5.41 Å². The molecule has 4 rings (SSSR count). The first kappa shape index (κ1) is 21.7. The number of nitrogens with one attached hydrogen (secondary N) is 3. The van der Waals surface area contributed by atoms with Crippen molar-refractivity contribution in [2.24, 2.45) is 11.3 Å². The fraction of sp³-hybridized carbons (Fsp3) is 0.905. The summed E-state index contributed by atoms with van der Waals surface area (Å²) in [5.41, 5.74) is -0.142. The van der Waals surface area contributed by atoms with Crippen LogP contribution in [0, 0.1) is 11.3 Å². The minimum Gasteiger partial charge on any atom is -0.342 e. The van der Waals surface area contributed by atoms with Crippen molar-refractivity contribution in [1.29, 1.82) is 0 Å². The van der Waals surface area contributed by atoms with E-state index in [-0.39, 0.29) is 29.9 Å². The Morgan fingerprint density at radius 2 is 1.50 bits per heavy atom. The van der Waals surface area contributed by atoms with E-state index >= 15 is 0 Å². The van der Waals surface area contributed by atoms with Crippen LogP contribution in [0.15, 0.2) is 0 Å². The van der Waals surface area contributed by atoms with E-state index in [0.717, 1.165) is 58.3 Å². The van der Waals surface area contributed by atoms with Gasteiger partial charge in [-0.05, 0) is 51.0 Å². The third kappa shape index (κ3) is 4.59. The monoisotopic (exact) mass is 412 g/mol. The molecule has 2 saturated heterocycles. The van der Waals surface area contributed by atoms with Crippen LogP contribution in [0.2, 0.25) is 0 Å². The summed E-state index contributed by atoms with van der Waals surface area (Å²) >= 11 is 0. The standard InChI is InChI=1S/C21H36N4O2.ClH/c26-19(21-11-5-4-6-16(21)14-22-15-21)25-12-9-18(10-13-25)24-20(27)23-17-7-2-1-3-8-17;/h16-18,22H,1-15H2,(H2,23,24,27);1H/t16-,21+;/m0./s1. The van der Waals surface area contributed by atoms with E-state index in [4.69, 9.17) is 0 Å². The van der Waals surface area contributed by atoms with Gasteiger partial charge in [-0.2, -0.15) is 0 Å². The van der Waals surface area contributed by atoms with Gasteiger partial charge in [-0.15, -0.1) is 12.4 Å².